The average molecular weight is 497 g/mol. The van der Waals surface area contributed by atoms with Gasteiger partial charge in [-0.3, -0.25) is 4.79 Å². The third-order valence-corrected chi connectivity index (χ3v) is 5.82. The monoisotopic (exact) mass is 496 g/mol. The van der Waals surface area contributed by atoms with E-state index >= 15 is 0 Å². The first-order chi connectivity index (χ1) is 17.0. The Labute approximate surface area is 210 Å². The van der Waals surface area contributed by atoms with Crippen LogP contribution in [0.3, 0.4) is 0 Å². The summed E-state index contributed by atoms with van der Waals surface area (Å²) in [6.45, 7) is 3.68. The molecule has 1 aromatic heterocycles. The maximum atomic E-state index is 12.8. The summed E-state index contributed by atoms with van der Waals surface area (Å²) in [4.78, 5) is 26.0. The Morgan fingerprint density at radius 1 is 1.20 bits per heavy atom. The average Bonchev–Trinajstić information content (AvgIpc) is 2.89. The van der Waals surface area contributed by atoms with E-state index in [1.54, 1.807) is 19.4 Å². The van der Waals surface area contributed by atoms with Gasteiger partial charge in [0, 0.05) is 67.6 Å². The molecule has 0 aliphatic carbocycles. The first-order valence-electron chi connectivity index (χ1n) is 11.4. The van der Waals surface area contributed by atoms with Gasteiger partial charge in [-0.25, -0.2) is 4.98 Å². The number of amides is 1. The van der Waals surface area contributed by atoms with Gasteiger partial charge < -0.3 is 29.9 Å². The summed E-state index contributed by atoms with van der Waals surface area (Å²) < 4.78 is 10.5. The normalized spacial score (nSPS) is 13.4. The number of ether oxygens (including phenoxy) is 2. The molecule has 9 nitrogen and oxygen atoms in total. The minimum Gasteiger partial charge on any atom is -0.383 e. The van der Waals surface area contributed by atoms with Crippen LogP contribution in [-0.4, -0.2) is 69.5 Å². The van der Waals surface area contributed by atoms with Crippen molar-refractivity contribution < 1.29 is 14.3 Å². The van der Waals surface area contributed by atoms with Crippen LogP contribution in [0.2, 0.25) is 5.02 Å². The second kappa shape index (κ2) is 11.8. The fourth-order valence-electron chi connectivity index (χ4n) is 3.73. The Kier molecular flexibility index (Phi) is 8.36. The van der Waals surface area contributed by atoms with E-state index in [-0.39, 0.29) is 5.91 Å². The summed E-state index contributed by atoms with van der Waals surface area (Å²) >= 11 is 6.15. The lowest BCUT2D eigenvalue weighted by Gasteiger charge is -2.29. The molecule has 0 unspecified atom stereocenters. The summed E-state index contributed by atoms with van der Waals surface area (Å²) in [6, 6.07) is 15.1. The summed E-state index contributed by atoms with van der Waals surface area (Å²) in [5.74, 6) is 0.948. The lowest BCUT2D eigenvalue weighted by atomic mass is 10.1. The van der Waals surface area contributed by atoms with Gasteiger partial charge in [-0.2, -0.15) is 4.98 Å². The van der Waals surface area contributed by atoms with E-state index in [1.807, 2.05) is 54.4 Å². The molecule has 0 bridgehead atoms. The Hall–Kier alpha value is -3.40. The quantitative estimate of drug-likeness (QED) is 0.431. The number of hydrogen-bond donors (Lipinski definition) is 2. The van der Waals surface area contributed by atoms with Gasteiger partial charge in [0.2, 0.25) is 5.95 Å². The van der Waals surface area contributed by atoms with Crippen molar-refractivity contribution in [2.75, 3.05) is 68.7 Å². The van der Waals surface area contributed by atoms with Gasteiger partial charge in [0.15, 0.2) is 0 Å². The van der Waals surface area contributed by atoms with Crippen LogP contribution in [0.5, 0.6) is 0 Å². The lowest BCUT2D eigenvalue weighted by molar-refractivity contribution is 0.0937. The largest absolute Gasteiger partial charge is 0.383 e. The topological polar surface area (TPSA) is 91.8 Å². The molecule has 184 valence electrons. The number of methoxy groups -OCH3 is 1. The summed E-state index contributed by atoms with van der Waals surface area (Å²) in [5.41, 5.74) is 3.10. The number of hydrogen-bond acceptors (Lipinski definition) is 8. The fraction of sp³-hybridized carbons (Fsp3) is 0.320. The molecular formula is C25H29ClN6O3. The van der Waals surface area contributed by atoms with E-state index in [2.05, 4.69) is 25.5 Å². The zero-order valence-electron chi connectivity index (χ0n) is 19.8. The van der Waals surface area contributed by atoms with Gasteiger partial charge in [-0.15, -0.1) is 0 Å². The number of benzene rings is 2. The third kappa shape index (κ3) is 6.60. The highest BCUT2D eigenvalue weighted by atomic mass is 35.5. The molecule has 2 N–H and O–H groups in total. The van der Waals surface area contributed by atoms with E-state index in [4.69, 9.17) is 21.1 Å². The van der Waals surface area contributed by atoms with E-state index in [0.717, 1.165) is 24.5 Å². The van der Waals surface area contributed by atoms with Crippen molar-refractivity contribution >= 4 is 46.3 Å². The molecule has 0 saturated carbocycles. The van der Waals surface area contributed by atoms with Gasteiger partial charge >= 0.3 is 0 Å². The molecule has 2 heterocycles. The molecule has 0 spiro atoms. The highest BCUT2D eigenvalue weighted by Crippen LogP contribution is 2.28. The number of carbonyl (C=O) groups excluding carboxylic acids is 1. The predicted octanol–water partition coefficient (Wildman–Crippen LogP) is 3.85. The number of anilines is 5. The minimum absolute atomic E-state index is 0.171. The first kappa shape index (κ1) is 24.7. The number of nitrogens with one attached hydrogen (secondary N) is 2. The molecular weight excluding hydrogens is 468 g/mol. The molecule has 3 aromatic rings. The highest BCUT2D eigenvalue weighted by molar-refractivity contribution is 6.30. The van der Waals surface area contributed by atoms with Crippen LogP contribution in [0, 0.1) is 0 Å². The molecule has 10 heteroatoms. The molecule has 1 aliphatic rings. The van der Waals surface area contributed by atoms with E-state index in [1.165, 1.54) is 0 Å². The molecule has 1 aliphatic heterocycles. The second-order valence-corrected chi connectivity index (χ2v) is 8.46. The summed E-state index contributed by atoms with van der Waals surface area (Å²) in [7, 11) is 3.52. The number of nitrogens with zero attached hydrogens (tertiary/aromatic N) is 4. The Bertz CT molecular complexity index is 1160. The van der Waals surface area contributed by atoms with Gasteiger partial charge in [0.05, 0.1) is 19.8 Å². The van der Waals surface area contributed by atoms with Crippen molar-refractivity contribution in [2.45, 2.75) is 0 Å². The molecule has 4 rings (SSSR count). The van der Waals surface area contributed by atoms with Gasteiger partial charge in [-0.1, -0.05) is 17.7 Å². The Morgan fingerprint density at radius 2 is 2.03 bits per heavy atom. The highest BCUT2D eigenvalue weighted by Gasteiger charge is 2.16. The van der Waals surface area contributed by atoms with Crippen molar-refractivity contribution in [3.8, 4) is 0 Å². The maximum Gasteiger partial charge on any atom is 0.251 e. The van der Waals surface area contributed by atoms with Crippen LogP contribution >= 0.6 is 11.6 Å². The molecule has 2 aromatic carbocycles. The van der Waals surface area contributed by atoms with Gasteiger partial charge in [-0.05, 0) is 42.5 Å². The Morgan fingerprint density at radius 3 is 2.80 bits per heavy atom. The molecule has 1 fully saturated rings. The van der Waals surface area contributed by atoms with Crippen molar-refractivity contribution in [2.24, 2.45) is 0 Å². The first-order valence-corrected chi connectivity index (χ1v) is 11.8. The zero-order valence-corrected chi connectivity index (χ0v) is 20.6. The van der Waals surface area contributed by atoms with Gasteiger partial charge in [0.25, 0.3) is 5.91 Å². The van der Waals surface area contributed by atoms with Crippen molar-refractivity contribution in [1.82, 2.24) is 15.3 Å². The molecule has 35 heavy (non-hydrogen) atoms. The van der Waals surface area contributed by atoms with Crippen LogP contribution in [0.25, 0.3) is 0 Å². The molecule has 1 saturated heterocycles. The van der Waals surface area contributed by atoms with Gasteiger partial charge in [0.1, 0.15) is 5.82 Å². The van der Waals surface area contributed by atoms with Crippen molar-refractivity contribution in [3.05, 3.63) is 65.3 Å². The van der Waals surface area contributed by atoms with E-state index in [0.29, 0.717) is 54.4 Å². The maximum absolute atomic E-state index is 12.8. The number of aromatic nitrogens is 2. The number of carbonyl (C=O) groups is 1. The zero-order chi connectivity index (χ0) is 24.6. The predicted molar refractivity (Wildman–Crippen MR) is 139 cm³/mol. The SMILES string of the molecule is COCCNC(=O)c1cc(Nc2nccc(N(C)c3cccc(Cl)c3)n2)cc(N2CCOCC2)c1. The Balaban J connectivity index is 1.59. The number of halogens is 1. The number of rotatable bonds is 9. The fourth-order valence-corrected chi connectivity index (χ4v) is 3.91. The van der Waals surface area contributed by atoms with Crippen LogP contribution < -0.4 is 20.4 Å². The summed E-state index contributed by atoms with van der Waals surface area (Å²) in [6.07, 6.45) is 1.69. The van der Waals surface area contributed by atoms with Crippen LogP contribution in [0.15, 0.2) is 54.7 Å². The minimum atomic E-state index is -0.171. The molecule has 0 atom stereocenters. The van der Waals surface area contributed by atoms with Crippen molar-refractivity contribution in [3.63, 3.8) is 0 Å². The lowest BCUT2D eigenvalue weighted by Crippen LogP contribution is -2.36. The van der Waals surface area contributed by atoms with E-state index < -0.39 is 0 Å². The van der Waals surface area contributed by atoms with Crippen LogP contribution in [-0.2, 0) is 9.47 Å². The molecule has 0 radical (unpaired) electrons. The van der Waals surface area contributed by atoms with E-state index in [9.17, 15) is 4.79 Å². The third-order valence-electron chi connectivity index (χ3n) is 5.58. The number of morpholine rings is 1. The summed E-state index contributed by atoms with van der Waals surface area (Å²) in [5, 5.41) is 6.80. The molecule has 1 amide bonds. The standard InChI is InChI=1S/C25H29ClN6O3/c1-31(21-5-3-4-19(26)16-21)23-6-7-28-25(30-23)29-20-14-18(24(33)27-8-11-34-2)15-22(17-20)32-9-12-35-13-10-32/h3-7,14-17H,8-13H2,1-2H3,(H,27,33)(H,28,29,30). The smallest absolute Gasteiger partial charge is 0.251 e. The second-order valence-electron chi connectivity index (χ2n) is 8.02. The van der Waals surface area contributed by atoms with Crippen LogP contribution in [0.4, 0.5) is 28.8 Å². The van der Waals surface area contributed by atoms with Crippen LogP contribution in [0.1, 0.15) is 10.4 Å². The van der Waals surface area contributed by atoms with Crippen molar-refractivity contribution in [1.29, 1.82) is 0 Å².